The third-order valence-electron chi connectivity index (χ3n) is 2.73. The number of alkyl halides is 3. The number of hydrogen-bond donors (Lipinski definition) is 1. The molecule has 0 radical (unpaired) electrons. The number of benzene rings is 1. The van der Waals surface area contributed by atoms with Crippen LogP contribution < -0.4 is 10.1 Å². The van der Waals surface area contributed by atoms with E-state index in [2.05, 4.69) is 21.2 Å². The molecule has 1 aromatic carbocycles. The summed E-state index contributed by atoms with van der Waals surface area (Å²) < 4.78 is 42.8. The molecule has 2 nitrogen and oxygen atoms in total. The van der Waals surface area contributed by atoms with Gasteiger partial charge < -0.3 is 10.1 Å². The van der Waals surface area contributed by atoms with Gasteiger partial charge in [0.1, 0.15) is 5.75 Å². The standard InChI is InChI=1S/C14H19BrF3NO/c1-3-19-9-11-8-12(15)7-10(2)13(11)20-6-4-5-14(16,17)18/h7-8,19H,3-6,9H2,1-2H3. The van der Waals surface area contributed by atoms with Crippen LogP contribution in [-0.2, 0) is 6.54 Å². The maximum absolute atomic E-state index is 12.1. The van der Waals surface area contributed by atoms with Gasteiger partial charge in [0.05, 0.1) is 6.61 Å². The van der Waals surface area contributed by atoms with Crippen LogP contribution in [0.15, 0.2) is 16.6 Å². The first kappa shape index (κ1) is 17.3. The molecule has 114 valence electrons. The summed E-state index contributed by atoms with van der Waals surface area (Å²) >= 11 is 3.41. The zero-order valence-corrected chi connectivity index (χ0v) is 13.2. The van der Waals surface area contributed by atoms with Crippen LogP contribution in [0.3, 0.4) is 0 Å². The van der Waals surface area contributed by atoms with Crippen molar-refractivity contribution in [1.82, 2.24) is 5.32 Å². The Morgan fingerprint density at radius 3 is 2.60 bits per heavy atom. The fourth-order valence-electron chi connectivity index (χ4n) is 1.84. The van der Waals surface area contributed by atoms with E-state index < -0.39 is 12.6 Å². The zero-order valence-electron chi connectivity index (χ0n) is 11.6. The highest BCUT2D eigenvalue weighted by molar-refractivity contribution is 9.10. The number of aryl methyl sites for hydroxylation is 1. The van der Waals surface area contributed by atoms with Crippen molar-refractivity contribution in [2.24, 2.45) is 0 Å². The van der Waals surface area contributed by atoms with Crippen molar-refractivity contribution in [3.63, 3.8) is 0 Å². The zero-order chi connectivity index (χ0) is 15.2. The maximum atomic E-state index is 12.1. The normalized spacial score (nSPS) is 11.7. The lowest BCUT2D eigenvalue weighted by molar-refractivity contribution is -0.136. The van der Waals surface area contributed by atoms with Crippen LogP contribution in [0.5, 0.6) is 5.75 Å². The second-order valence-electron chi connectivity index (χ2n) is 4.56. The molecule has 1 rings (SSSR count). The molecule has 0 saturated carbocycles. The summed E-state index contributed by atoms with van der Waals surface area (Å²) in [5.41, 5.74) is 1.87. The third-order valence-corrected chi connectivity index (χ3v) is 3.19. The number of hydrogen-bond acceptors (Lipinski definition) is 2. The quantitative estimate of drug-likeness (QED) is 0.724. The molecule has 0 aliphatic rings. The summed E-state index contributed by atoms with van der Waals surface area (Å²) in [6, 6.07) is 3.82. The molecule has 1 N–H and O–H groups in total. The lowest BCUT2D eigenvalue weighted by Gasteiger charge is -2.15. The second kappa shape index (κ2) is 7.88. The Kier molecular flexibility index (Phi) is 6.82. The van der Waals surface area contributed by atoms with E-state index in [1.54, 1.807) is 0 Å². The Labute approximate surface area is 125 Å². The van der Waals surface area contributed by atoms with Gasteiger partial charge in [-0.05, 0) is 37.6 Å². The number of ether oxygens (including phenoxy) is 1. The van der Waals surface area contributed by atoms with E-state index in [9.17, 15) is 13.2 Å². The van der Waals surface area contributed by atoms with Gasteiger partial charge in [-0.15, -0.1) is 0 Å². The Hall–Kier alpha value is -0.750. The lowest BCUT2D eigenvalue weighted by Crippen LogP contribution is -2.14. The Balaban J connectivity index is 2.67. The van der Waals surface area contributed by atoms with E-state index in [4.69, 9.17) is 4.74 Å². The van der Waals surface area contributed by atoms with Crippen LogP contribution in [0.4, 0.5) is 13.2 Å². The van der Waals surface area contributed by atoms with Gasteiger partial charge in [-0.25, -0.2) is 0 Å². The molecule has 20 heavy (non-hydrogen) atoms. The average molecular weight is 354 g/mol. The molecule has 0 fully saturated rings. The minimum absolute atomic E-state index is 0.0281. The van der Waals surface area contributed by atoms with Crippen molar-refractivity contribution in [1.29, 1.82) is 0 Å². The Morgan fingerprint density at radius 1 is 1.30 bits per heavy atom. The van der Waals surface area contributed by atoms with Gasteiger partial charge in [-0.3, -0.25) is 0 Å². The van der Waals surface area contributed by atoms with Crippen LogP contribution in [0.25, 0.3) is 0 Å². The predicted octanol–water partition coefficient (Wildman–Crippen LogP) is 4.59. The van der Waals surface area contributed by atoms with E-state index in [0.717, 1.165) is 22.1 Å². The van der Waals surface area contributed by atoms with Crippen molar-refractivity contribution in [3.05, 3.63) is 27.7 Å². The van der Waals surface area contributed by atoms with E-state index in [1.165, 1.54) is 0 Å². The van der Waals surface area contributed by atoms with Crippen molar-refractivity contribution >= 4 is 15.9 Å². The van der Waals surface area contributed by atoms with Gasteiger partial charge in [0.15, 0.2) is 0 Å². The molecule has 0 atom stereocenters. The highest BCUT2D eigenvalue weighted by atomic mass is 79.9. The number of rotatable bonds is 7. The van der Waals surface area contributed by atoms with Crippen LogP contribution in [0, 0.1) is 6.92 Å². The van der Waals surface area contributed by atoms with E-state index in [1.807, 2.05) is 26.0 Å². The molecule has 0 spiro atoms. The highest BCUT2D eigenvalue weighted by Crippen LogP contribution is 2.29. The molecule has 0 amide bonds. The molecule has 0 aliphatic heterocycles. The average Bonchev–Trinajstić information content (AvgIpc) is 2.32. The maximum Gasteiger partial charge on any atom is 0.389 e. The monoisotopic (exact) mass is 353 g/mol. The largest absolute Gasteiger partial charge is 0.493 e. The number of nitrogens with one attached hydrogen (secondary N) is 1. The minimum Gasteiger partial charge on any atom is -0.493 e. The summed E-state index contributed by atoms with van der Waals surface area (Å²) in [6.07, 6.45) is -4.96. The summed E-state index contributed by atoms with van der Waals surface area (Å²) in [5, 5.41) is 3.19. The highest BCUT2D eigenvalue weighted by Gasteiger charge is 2.26. The minimum atomic E-state index is -4.12. The summed E-state index contributed by atoms with van der Waals surface area (Å²) in [6.45, 7) is 5.40. The molecule has 1 aromatic rings. The first-order chi connectivity index (χ1) is 9.33. The second-order valence-corrected chi connectivity index (χ2v) is 5.47. The predicted molar refractivity (Wildman–Crippen MR) is 77.0 cm³/mol. The van der Waals surface area contributed by atoms with Gasteiger partial charge in [0, 0.05) is 23.0 Å². The third kappa shape index (κ3) is 6.13. The summed E-state index contributed by atoms with van der Waals surface area (Å²) in [7, 11) is 0. The van der Waals surface area contributed by atoms with E-state index in [-0.39, 0.29) is 13.0 Å². The molecule has 0 bridgehead atoms. The van der Waals surface area contributed by atoms with Crippen molar-refractivity contribution in [2.45, 2.75) is 39.4 Å². The van der Waals surface area contributed by atoms with E-state index in [0.29, 0.717) is 12.3 Å². The fourth-order valence-corrected chi connectivity index (χ4v) is 2.46. The van der Waals surface area contributed by atoms with Gasteiger partial charge in [0.25, 0.3) is 0 Å². The molecule has 0 aliphatic carbocycles. The van der Waals surface area contributed by atoms with Crippen LogP contribution in [0.1, 0.15) is 30.9 Å². The van der Waals surface area contributed by atoms with E-state index >= 15 is 0 Å². The first-order valence-corrected chi connectivity index (χ1v) is 7.32. The van der Waals surface area contributed by atoms with Crippen molar-refractivity contribution in [2.75, 3.05) is 13.2 Å². The molecule has 0 saturated heterocycles. The van der Waals surface area contributed by atoms with Crippen LogP contribution in [0.2, 0.25) is 0 Å². The fraction of sp³-hybridized carbons (Fsp3) is 0.571. The molecule has 0 unspecified atom stereocenters. The smallest absolute Gasteiger partial charge is 0.389 e. The van der Waals surface area contributed by atoms with Crippen molar-refractivity contribution < 1.29 is 17.9 Å². The number of halogens is 4. The molecule has 0 heterocycles. The molecule has 6 heteroatoms. The van der Waals surface area contributed by atoms with Crippen molar-refractivity contribution in [3.8, 4) is 5.75 Å². The molecule has 0 aromatic heterocycles. The summed E-state index contributed by atoms with van der Waals surface area (Å²) in [4.78, 5) is 0. The first-order valence-electron chi connectivity index (χ1n) is 6.52. The van der Waals surface area contributed by atoms with Crippen LogP contribution in [-0.4, -0.2) is 19.3 Å². The van der Waals surface area contributed by atoms with Gasteiger partial charge in [0.2, 0.25) is 0 Å². The Bertz CT molecular complexity index is 435. The Morgan fingerprint density at radius 2 is 2.00 bits per heavy atom. The lowest BCUT2D eigenvalue weighted by atomic mass is 10.1. The molecular formula is C14H19BrF3NO. The summed E-state index contributed by atoms with van der Waals surface area (Å²) in [5.74, 6) is 0.677. The SMILES string of the molecule is CCNCc1cc(Br)cc(C)c1OCCCC(F)(F)F. The van der Waals surface area contributed by atoms with Crippen LogP contribution >= 0.6 is 15.9 Å². The van der Waals surface area contributed by atoms with Gasteiger partial charge in [-0.1, -0.05) is 22.9 Å². The molecular weight excluding hydrogens is 335 g/mol. The van der Waals surface area contributed by atoms with Gasteiger partial charge >= 0.3 is 6.18 Å². The topological polar surface area (TPSA) is 21.3 Å². The van der Waals surface area contributed by atoms with Gasteiger partial charge in [-0.2, -0.15) is 13.2 Å².